The molecular weight excluding hydrogens is 448 g/mol. The molecule has 32 heavy (non-hydrogen) atoms. The smallest absolute Gasteiger partial charge is 0.337 e. The monoisotopic (exact) mass is 472 g/mol. The number of nitrogens with zero attached hydrogens (tertiary/aromatic N) is 2. The highest BCUT2D eigenvalue weighted by atomic mass is 32.2. The Balaban J connectivity index is 1.69. The number of carbonyl (C=O) groups is 3. The third-order valence-corrected chi connectivity index (χ3v) is 6.84. The van der Waals surface area contributed by atoms with E-state index in [1.54, 1.807) is 19.1 Å². The Labute approximate surface area is 194 Å². The molecule has 1 aromatic carbocycles. The normalized spacial score (nSPS) is 10.8. The molecule has 0 bridgehead atoms. The van der Waals surface area contributed by atoms with Crippen molar-refractivity contribution in [2.75, 3.05) is 19.5 Å². The Hall–Kier alpha value is -2.91. The summed E-state index contributed by atoms with van der Waals surface area (Å²) in [5.74, 6) is -0.448. The van der Waals surface area contributed by atoms with Crippen LogP contribution in [0, 0.1) is 13.8 Å². The molecule has 0 aliphatic carbocycles. The molecule has 0 radical (unpaired) electrons. The van der Waals surface area contributed by atoms with E-state index < -0.39 is 5.97 Å². The topological polar surface area (TPSA) is 87.5 Å². The maximum atomic E-state index is 12.9. The van der Waals surface area contributed by atoms with Crippen molar-refractivity contribution < 1.29 is 23.9 Å². The van der Waals surface area contributed by atoms with Crippen LogP contribution in [-0.2, 0) is 20.7 Å². The van der Waals surface area contributed by atoms with Crippen LogP contribution in [0.15, 0.2) is 40.1 Å². The van der Waals surface area contributed by atoms with Gasteiger partial charge in [0.05, 0.1) is 37.1 Å². The highest BCUT2D eigenvalue weighted by Crippen LogP contribution is 2.27. The number of benzene rings is 1. The molecule has 0 saturated heterocycles. The Morgan fingerprint density at radius 1 is 1.16 bits per heavy atom. The minimum absolute atomic E-state index is 0.00248. The molecule has 3 aromatic rings. The van der Waals surface area contributed by atoms with Crippen molar-refractivity contribution in [2.45, 2.75) is 31.5 Å². The van der Waals surface area contributed by atoms with Crippen LogP contribution in [0.4, 0.5) is 0 Å². The summed E-state index contributed by atoms with van der Waals surface area (Å²) < 4.78 is 12.4. The van der Waals surface area contributed by atoms with Crippen LogP contribution in [0.5, 0.6) is 0 Å². The van der Waals surface area contributed by atoms with E-state index >= 15 is 0 Å². The highest BCUT2D eigenvalue weighted by molar-refractivity contribution is 8.01. The van der Waals surface area contributed by atoms with E-state index in [0.717, 1.165) is 21.4 Å². The van der Waals surface area contributed by atoms with Gasteiger partial charge in [0.25, 0.3) is 0 Å². The number of esters is 2. The molecule has 2 aromatic heterocycles. The zero-order valence-corrected chi connectivity index (χ0v) is 20.0. The van der Waals surface area contributed by atoms with Crippen molar-refractivity contribution in [3.05, 3.63) is 63.9 Å². The molecule has 3 rings (SSSR count). The number of hydrogen-bond acceptors (Lipinski definition) is 8. The van der Waals surface area contributed by atoms with Crippen molar-refractivity contribution in [3.8, 4) is 5.69 Å². The lowest BCUT2D eigenvalue weighted by molar-refractivity contribution is -0.142. The quantitative estimate of drug-likeness (QED) is 0.259. The first-order chi connectivity index (χ1) is 15.3. The standard InChI is InChI=1S/C23H24N2O5S2/c1-5-30-21(27)11-17-12-31-23(24-17)32-13-20(26)19-10-14(2)25(15(19)3)18-8-6-16(7-9-18)22(28)29-4/h6-10,12H,5,11,13H2,1-4H3. The predicted octanol–water partition coefficient (Wildman–Crippen LogP) is 4.42. The minimum Gasteiger partial charge on any atom is -0.466 e. The number of thiazole rings is 1. The first-order valence-electron chi connectivity index (χ1n) is 9.97. The number of aryl methyl sites for hydroxylation is 1. The molecule has 0 aliphatic heterocycles. The lowest BCUT2D eigenvalue weighted by atomic mass is 10.2. The Morgan fingerprint density at radius 2 is 1.88 bits per heavy atom. The zero-order valence-electron chi connectivity index (χ0n) is 18.3. The fraction of sp³-hybridized carbons (Fsp3) is 0.304. The van der Waals surface area contributed by atoms with Crippen LogP contribution >= 0.6 is 23.1 Å². The second-order valence-electron chi connectivity index (χ2n) is 6.96. The summed E-state index contributed by atoms with van der Waals surface area (Å²) in [6.07, 6.45) is 0.134. The SMILES string of the molecule is CCOC(=O)Cc1csc(SCC(=O)c2cc(C)n(-c3ccc(C(=O)OC)cc3)c2C)n1. The zero-order chi connectivity index (χ0) is 23.3. The largest absolute Gasteiger partial charge is 0.466 e. The molecule has 0 fully saturated rings. The van der Waals surface area contributed by atoms with Gasteiger partial charge in [-0.15, -0.1) is 11.3 Å². The lowest BCUT2D eigenvalue weighted by Crippen LogP contribution is -2.07. The summed E-state index contributed by atoms with van der Waals surface area (Å²) in [5.41, 5.74) is 4.39. The number of Topliss-reactive ketones (excluding diaryl/α,β-unsaturated/α-hetero) is 1. The van der Waals surface area contributed by atoms with E-state index in [1.807, 2.05) is 42.0 Å². The van der Waals surface area contributed by atoms with Gasteiger partial charge < -0.3 is 14.0 Å². The summed E-state index contributed by atoms with van der Waals surface area (Å²) >= 11 is 2.77. The maximum Gasteiger partial charge on any atom is 0.337 e. The molecular formula is C23H24N2O5S2. The molecule has 0 spiro atoms. The van der Waals surface area contributed by atoms with Crippen LogP contribution in [0.2, 0.25) is 0 Å². The molecule has 0 unspecified atom stereocenters. The number of thioether (sulfide) groups is 1. The summed E-state index contributed by atoms with van der Waals surface area (Å²) in [7, 11) is 1.35. The number of ether oxygens (including phenoxy) is 2. The number of hydrogen-bond donors (Lipinski definition) is 0. The Kier molecular flexibility index (Phi) is 7.87. The number of methoxy groups -OCH3 is 1. The first kappa shape index (κ1) is 23.7. The Bertz CT molecular complexity index is 1130. The van der Waals surface area contributed by atoms with Crippen LogP contribution in [0.1, 0.15) is 44.7 Å². The summed E-state index contributed by atoms with van der Waals surface area (Å²) in [6, 6.07) is 8.94. The second-order valence-corrected chi connectivity index (χ2v) is 9.04. The van der Waals surface area contributed by atoms with E-state index in [9.17, 15) is 14.4 Å². The van der Waals surface area contributed by atoms with Crippen LogP contribution in [0.25, 0.3) is 5.69 Å². The van der Waals surface area contributed by atoms with Crippen LogP contribution in [-0.4, -0.2) is 46.7 Å². The van der Waals surface area contributed by atoms with Gasteiger partial charge >= 0.3 is 11.9 Å². The van der Waals surface area contributed by atoms with Crippen LogP contribution in [0.3, 0.4) is 0 Å². The molecule has 0 N–H and O–H groups in total. The highest BCUT2D eigenvalue weighted by Gasteiger charge is 2.18. The summed E-state index contributed by atoms with van der Waals surface area (Å²) in [4.78, 5) is 40.5. The van der Waals surface area contributed by atoms with Crippen molar-refractivity contribution in [2.24, 2.45) is 0 Å². The van der Waals surface area contributed by atoms with E-state index in [0.29, 0.717) is 23.4 Å². The third kappa shape index (κ3) is 5.46. The van der Waals surface area contributed by atoms with Crippen molar-refractivity contribution in [1.82, 2.24) is 9.55 Å². The fourth-order valence-electron chi connectivity index (χ4n) is 3.31. The average molecular weight is 473 g/mol. The number of aromatic nitrogens is 2. The summed E-state index contributed by atoms with van der Waals surface area (Å²) in [6.45, 7) is 5.95. The molecule has 7 nitrogen and oxygen atoms in total. The van der Waals surface area contributed by atoms with Gasteiger partial charge in [0.15, 0.2) is 10.1 Å². The molecule has 0 atom stereocenters. The number of rotatable bonds is 9. The van der Waals surface area contributed by atoms with Gasteiger partial charge in [0, 0.05) is 28.0 Å². The third-order valence-electron chi connectivity index (χ3n) is 4.77. The van der Waals surface area contributed by atoms with E-state index in [-0.39, 0.29) is 23.9 Å². The van der Waals surface area contributed by atoms with Gasteiger partial charge in [-0.25, -0.2) is 9.78 Å². The van der Waals surface area contributed by atoms with E-state index in [4.69, 9.17) is 9.47 Å². The van der Waals surface area contributed by atoms with Gasteiger partial charge in [0.2, 0.25) is 0 Å². The predicted molar refractivity (Wildman–Crippen MR) is 124 cm³/mol. The number of carbonyl (C=O) groups excluding carboxylic acids is 3. The van der Waals surface area contributed by atoms with Crippen LogP contribution < -0.4 is 0 Å². The lowest BCUT2D eigenvalue weighted by Gasteiger charge is -2.10. The van der Waals surface area contributed by atoms with Crippen molar-refractivity contribution in [3.63, 3.8) is 0 Å². The van der Waals surface area contributed by atoms with Crippen molar-refractivity contribution >= 4 is 40.8 Å². The Morgan fingerprint density at radius 3 is 2.53 bits per heavy atom. The molecule has 168 valence electrons. The molecule has 0 aliphatic rings. The second kappa shape index (κ2) is 10.6. The van der Waals surface area contributed by atoms with Gasteiger partial charge in [-0.05, 0) is 51.1 Å². The molecule has 0 saturated carbocycles. The number of ketones is 1. The molecule has 0 amide bonds. The molecule has 2 heterocycles. The molecule has 9 heteroatoms. The van der Waals surface area contributed by atoms with E-state index in [1.165, 1.54) is 30.2 Å². The van der Waals surface area contributed by atoms with Gasteiger partial charge in [-0.2, -0.15) is 0 Å². The van der Waals surface area contributed by atoms with Gasteiger partial charge in [-0.3, -0.25) is 9.59 Å². The fourth-order valence-corrected chi connectivity index (χ4v) is 5.04. The maximum absolute atomic E-state index is 12.9. The first-order valence-corrected chi connectivity index (χ1v) is 11.8. The minimum atomic E-state index is -0.391. The van der Waals surface area contributed by atoms with E-state index in [2.05, 4.69) is 4.98 Å². The van der Waals surface area contributed by atoms with Gasteiger partial charge in [0.1, 0.15) is 0 Å². The van der Waals surface area contributed by atoms with Crippen molar-refractivity contribution in [1.29, 1.82) is 0 Å². The average Bonchev–Trinajstić information content (AvgIpc) is 3.35. The summed E-state index contributed by atoms with van der Waals surface area (Å²) in [5, 5.41) is 1.81. The van der Waals surface area contributed by atoms with Gasteiger partial charge in [-0.1, -0.05) is 11.8 Å².